The monoisotopic (exact) mass is 536 g/mol. The van der Waals surface area contributed by atoms with E-state index >= 15 is 0 Å². The summed E-state index contributed by atoms with van der Waals surface area (Å²) in [7, 11) is 1.60. The Morgan fingerprint density at radius 1 is 1.21 bits per heavy atom. The zero-order valence-electron chi connectivity index (χ0n) is 15.5. The molecule has 11 heteroatoms. The van der Waals surface area contributed by atoms with Crippen LogP contribution in [0.3, 0.4) is 0 Å². The van der Waals surface area contributed by atoms with Crippen molar-refractivity contribution in [2.45, 2.75) is 19.1 Å². The van der Waals surface area contributed by atoms with Crippen LogP contribution in [-0.2, 0) is 19.1 Å². The molecule has 6 nitrogen and oxygen atoms in total. The number of rotatable bonds is 6. The first-order valence-corrected chi connectivity index (χ1v) is 9.39. The molecule has 0 spiro atoms. The molecule has 0 fully saturated rings. The first kappa shape index (κ1) is 23.1. The minimum atomic E-state index is -4.42. The van der Waals surface area contributed by atoms with Crippen LogP contribution < -0.4 is 10.6 Å². The Balaban J connectivity index is 0.00000300. The molecular formula is C18H20F3IN6S. The van der Waals surface area contributed by atoms with Crippen molar-refractivity contribution in [2.24, 2.45) is 4.99 Å². The molecule has 0 aliphatic heterocycles. The van der Waals surface area contributed by atoms with E-state index in [1.54, 1.807) is 13.2 Å². The largest absolute Gasteiger partial charge is 0.434 e. The van der Waals surface area contributed by atoms with E-state index < -0.39 is 11.9 Å². The third-order valence-corrected chi connectivity index (χ3v) is 4.68. The lowest BCUT2D eigenvalue weighted by molar-refractivity contribution is -0.140. The third-order valence-electron chi connectivity index (χ3n) is 3.84. The van der Waals surface area contributed by atoms with Crippen molar-refractivity contribution in [3.8, 4) is 5.69 Å². The van der Waals surface area contributed by atoms with E-state index in [0.717, 1.165) is 34.4 Å². The molecule has 2 N–H and O–H groups in total. The number of nitrogens with zero attached hydrogens (tertiary/aromatic N) is 4. The predicted octanol–water partition coefficient (Wildman–Crippen LogP) is 3.87. The van der Waals surface area contributed by atoms with Crippen LogP contribution in [0.5, 0.6) is 0 Å². The second kappa shape index (κ2) is 10.6. The lowest BCUT2D eigenvalue weighted by Gasteiger charge is -2.10. The Kier molecular flexibility index (Phi) is 8.44. The van der Waals surface area contributed by atoms with Gasteiger partial charge >= 0.3 is 6.18 Å². The number of hydrogen-bond acceptors (Lipinski definition) is 4. The number of halogens is 4. The molecule has 0 radical (unpaired) electrons. The minimum Gasteiger partial charge on any atom is -0.356 e. The third kappa shape index (κ3) is 6.70. The summed E-state index contributed by atoms with van der Waals surface area (Å²) in [4.78, 5) is 7.66. The Labute approximate surface area is 187 Å². The van der Waals surface area contributed by atoms with E-state index in [-0.39, 0.29) is 30.5 Å². The number of para-hydroxylation sites is 1. The number of aromatic nitrogens is 3. The fourth-order valence-electron chi connectivity index (χ4n) is 2.44. The lowest BCUT2D eigenvalue weighted by Crippen LogP contribution is -2.37. The number of nitrogens with one attached hydrogen (secondary N) is 2. The van der Waals surface area contributed by atoms with Gasteiger partial charge in [-0.1, -0.05) is 18.2 Å². The molecule has 0 saturated carbocycles. The highest BCUT2D eigenvalue weighted by atomic mass is 127. The van der Waals surface area contributed by atoms with Gasteiger partial charge in [-0.15, -0.1) is 35.3 Å². The van der Waals surface area contributed by atoms with Gasteiger partial charge in [0, 0.05) is 25.2 Å². The molecule has 0 amide bonds. The molecular weight excluding hydrogens is 516 g/mol. The quantitative estimate of drug-likeness (QED) is 0.285. The summed E-state index contributed by atoms with van der Waals surface area (Å²) in [5.74, 6) is 0.499. The number of guanidine groups is 1. The highest BCUT2D eigenvalue weighted by molar-refractivity contribution is 14.0. The standard InChI is InChI=1S/C18H19F3N6S.HI/c1-22-17(24-10-16-26-15(12-28-16)18(19,20)21)23-8-7-13-9-25-27(11-13)14-5-3-2-4-6-14;/h2-6,9,11-12H,7-8,10H2,1H3,(H2,22,23,24);1H. The molecule has 0 bridgehead atoms. The van der Waals surface area contributed by atoms with Crippen LogP contribution >= 0.6 is 35.3 Å². The Morgan fingerprint density at radius 2 is 1.97 bits per heavy atom. The summed E-state index contributed by atoms with van der Waals surface area (Å²) in [6, 6.07) is 9.81. The van der Waals surface area contributed by atoms with Crippen LogP contribution in [0, 0.1) is 0 Å². The van der Waals surface area contributed by atoms with Crippen LogP contribution in [-0.4, -0.2) is 34.3 Å². The fourth-order valence-corrected chi connectivity index (χ4v) is 3.18. The molecule has 3 rings (SSSR count). The van der Waals surface area contributed by atoms with Gasteiger partial charge in [-0.3, -0.25) is 4.99 Å². The maximum Gasteiger partial charge on any atom is 0.434 e. The highest BCUT2D eigenvalue weighted by Crippen LogP contribution is 2.29. The number of alkyl halides is 3. The molecule has 1 aromatic carbocycles. The molecule has 156 valence electrons. The van der Waals surface area contributed by atoms with Gasteiger partial charge in [0.25, 0.3) is 0 Å². The second-order valence-corrected chi connectivity index (χ2v) is 6.80. The average Bonchev–Trinajstić information content (AvgIpc) is 3.34. The lowest BCUT2D eigenvalue weighted by atomic mass is 10.2. The van der Waals surface area contributed by atoms with E-state index in [1.807, 2.05) is 41.2 Å². The van der Waals surface area contributed by atoms with Crippen LogP contribution in [0.1, 0.15) is 16.3 Å². The normalized spacial score (nSPS) is 11.8. The second-order valence-electron chi connectivity index (χ2n) is 5.86. The molecule has 0 atom stereocenters. The van der Waals surface area contributed by atoms with Crippen LogP contribution in [0.25, 0.3) is 5.69 Å². The van der Waals surface area contributed by atoms with Crippen molar-refractivity contribution >= 4 is 41.3 Å². The topological polar surface area (TPSA) is 67.1 Å². The van der Waals surface area contributed by atoms with Crippen LogP contribution in [0.15, 0.2) is 53.1 Å². The highest BCUT2D eigenvalue weighted by Gasteiger charge is 2.33. The summed E-state index contributed by atoms with van der Waals surface area (Å²) < 4.78 is 39.6. The van der Waals surface area contributed by atoms with Gasteiger partial charge in [0.05, 0.1) is 18.4 Å². The zero-order valence-corrected chi connectivity index (χ0v) is 18.6. The number of benzene rings is 1. The van der Waals surface area contributed by atoms with E-state index in [1.165, 1.54) is 0 Å². The first-order valence-electron chi connectivity index (χ1n) is 8.51. The predicted molar refractivity (Wildman–Crippen MR) is 118 cm³/mol. The summed E-state index contributed by atoms with van der Waals surface area (Å²) in [5, 5.41) is 11.8. The van der Waals surface area contributed by atoms with Gasteiger partial charge in [0.1, 0.15) is 5.01 Å². The van der Waals surface area contributed by atoms with Gasteiger partial charge in [-0.25, -0.2) is 9.67 Å². The van der Waals surface area contributed by atoms with Gasteiger partial charge in [-0.2, -0.15) is 18.3 Å². The van der Waals surface area contributed by atoms with Crippen molar-refractivity contribution in [3.05, 3.63) is 64.4 Å². The summed E-state index contributed by atoms with van der Waals surface area (Å²) in [5.41, 5.74) is 1.18. The number of thiazole rings is 1. The maximum absolute atomic E-state index is 12.6. The SMILES string of the molecule is CN=C(NCCc1cnn(-c2ccccc2)c1)NCc1nc(C(F)(F)F)cs1.I. The maximum atomic E-state index is 12.6. The van der Waals surface area contributed by atoms with E-state index in [4.69, 9.17) is 0 Å². The minimum absolute atomic E-state index is 0. The zero-order chi connectivity index (χ0) is 20.0. The smallest absolute Gasteiger partial charge is 0.356 e. The van der Waals surface area contributed by atoms with E-state index in [2.05, 4.69) is 25.7 Å². The van der Waals surface area contributed by atoms with Gasteiger partial charge in [-0.05, 0) is 24.1 Å². The molecule has 0 unspecified atom stereocenters. The van der Waals surface area contributed by atoms with Gasteiger partial charge in [0.15, 0.2) is 11.7 Å². The molecule has 2 heterocycles. The Morgan fingerprint density at radius 3 is 2.62 bits per heavy atom. The molecule has 0 saturated heterocycles. The van der Waals surface area contributed by atoms with Gasteiger partial charge < -0.3 is 10.6 Å². The molecule has 3 aromatic rings. The van der Waals surface area contributed by atoms with E-state index in [9.17, 15) is 13.2 Å². The summed E-state index contributed by atoms with van der Waals surface area (Å²) in [6.45, 7) is 0.776. The van der Waals surface area contributed by atoms with Crippen molar-refractivity contribution < 1.29 is 13.2 Å². The van der Waals surface area contributed by atoms with Gasteiger partial charge in [0.2, 0.25) is 0 Å². The van der Waals surface area contributed by atoms with Crippen LogP contribution in [0.4, 0.5) is 13.2 Å². The first-order chi connectivity index (χ1) is 13.5. The van der Waals surface area contributed by atoms with Crippen molar-refractivity contribution in [2.75, 3.05) is 13.6 Å². The van der Waals surface area contributed by atoms with Crippen LogP contribution in [0.2, 0.25) is 0 Å². The molecule has 29 heavy (non-hydrogen) atoms. The molecule has 0 aliphatic carbocycles. The summed E-state index contributed by atoms with van der Waals surface area (Å²) >= 11 is 0.963. The Hall–Kier alpha value is -2.15. The Bertz CT molecular complexity index is 923. The fraction of sp³-hybridized carbons (Fsp3) is 0.278. The molecule has 0 aliphatic rings. The van der Waals surface area contributed by atoms with Crippen molar-refractivity contribution in [3.63, 3.8) is 0 Å². The van der Waals surface area contributed by atoms with Crippen molar-refractivity contribution in [1.29, 1.82) is 0 Å². The molecule has 2 aromatic heterocycles. The summed E-state index contributed by atoms with van der Waals surface area (Å²) in [6.07, 6.45) is 0.0718. The number of aliphatic imine (C=N–C) groups is 1. The van der Waals surface area contributed by atoms with E-state index in [0.29, 0.717) is 17.5 Å². The number of hydrogen-bond donors (Lipinski definition) is 2. The van der Waals surface area contributed by atoms with Crippen molar-refractivity contribution in [1.82, 2.24) is 25.4 Å². The average molecular weight is 536 g/mol.